The van der Waals surface area contributed by atoms with Crippen LogP contribution in [0.2, 0.25) is 0 Å². The lowest BCUT2D eigenvalue weighted by atomic mass is 10.1. The zero-order chi connectivity index (χ0) is 18.9. The van der Waals surface area contributed by atoms with Crippen molar-refractivity contribution >= 4 is 34.7 Å². The SMILES string of the molecule is COCc1nc(C(=O)N2CC[C@H](C)Sc3ccc(C(F)(F)F)cc32)cs1. The van der Waals surface area contributed by atoms with Crippen LogP contribution in [0.25, 0.3) is 0 Å². The van der Waals surface area contributed by atoms with Gasteiger partial charge in [0.2, 0.25) is 0 Å². The highest BCUT2D eigenvalue weighted by atomic mass is 32.2. The number of thiazole rings is 1. The summed E-state index contributed by atoms with van der Waals surface area (Å²) in [5.74, 6) is -0.390. The first kappa shape index (κ1) is 19.2. The van der Waals surface area contributed by atoms with E-state index in [1.54, 1.807) is 5.38 Å². The molecule has 0 aliphatic carbocycles. The number of hydrogen-bond donors (Lipinski definition) is 0. The van der Waals surface area contributed by atoms with Crippen LogP contribution in [0, 0.1) is 0 Å². The van der Waals surface area contributed by atoms with Gasteiger partial charge in [-0.1, -0.05) is 6.92 Å². The first-order valence-electron chi connectivity index (χ1n) is 7.92. The van der Waals surface area contributed by atoms with E-state index in [0.717, 1.165) is 12.1 Å². The molecule has 1 aromatic heterocycles. The molecule has 4 nitrogen and oxygen atoms in total. The second kappa shape index (κ2) is 7.58. The van der Waals surface area contributed by atoms with Crippen molar-refractivity contribution in [1.29, 1.82) is 0 Å². The number of halogens is 3. The van der Waals surface area contributed by atoms with Crippen molar-refractivity contribution in [3.05, 3.63) is 39.8 Å². The summed E-state index contributed by atoms with van der Waals surface area (Å²) >= 11 is 2.77. The number of nitrogens with zero attached hydrogens (tertiary/aromatic N) is 2. The monoisotopic (exact) mass is 402 g/mol. The maximum atomic E-state index is 13.1. The molecule has 0 spiro atoms. The Bertz CT molecular complexity index is 808. The summed E-state index contributed by atoms with van der Waals surface area (Å²) in [6, 6.07) is 3.56. The van der Waals surface area contributed by atoms with E-state index in [4.69, 9.17) is 4.74 Å². The quantitative estimate of drug-likeness (QED) is 0.737. The third-order valence-corrected chi connectivity index (χ3v) is 6.01. The van der Waals surface area contributed by atoms with Gasteiger partial charge >= 0.3 is 6.18 Å². The number of ether oxygens (including phenoxy) is 1. The highest BCUT2D eigenvalue weighted by Crippen LogP contribution is 2.41. The largest absolute Gasteiger partial charge is 0.416 e. The molecule has 2 aromatic rings. The van der Waals surface area contributed by atoms with Gasteiger partial charge in [0, 0.05) is 29.2 Å². The van der Waals surface area contributed by atoms with Gasteiger partial charge < -0.3 is 9.64 Å². The summed E-state index contributed by atoms with van der Waals surface area (Å²) in [4.78, 5) is 19.3. The van der Waals surface area contributed by atoms with Crippen molar-refractivity contribution < 1.29 is 22.7 Å². The van der Waals surface area contributed by atoms with Gasteiger partial charge in [-0.15, -0.1) is 23.1 Å². The number of hydrogen-bond acceptors (Lipinski definition) is 5. The predicted molar refractivity (Wildman–Crippen MR) is 95.9 cm³/mol. The Hall–Kier alpha value is -1.58. The van der Waals surface area contributed by atoms with E-state index >= 15 is 0 Å². The van der Waals surface area contributed by atoms with E-state index in [1.807, 2.05) is 6.92 Å². The molecular weight excluding hydrogens is 385 g/mol. The second-order valence-electron chi connectivity index (χ2n) is 5.91. The molecule has 0 bridgehead atoms. The molecule has 1 aliphatic heterocycles. The minimum absolute atomic E-state index is 0.197. The molecule has 0 unspecified atom stereocenters. The van der Waals surface area contributed by atoms with Gasteiger partial charge in [-0.2, -0.15) is 13.2 Å². The average molecular weight is 402 g/mol. The van der Waals surface area contributed by atoms with E-state index < -0.39 is 11.7 Å². The molecule has 1 atom stereocenters. The summed E-state index contributed by atoms with van der Waals surface area (Å²) in [6.45, 7) is 2.64. The summed E-state index contributed by atoms with van der Waals surface area (Å²) < 4.78 is 44.4. The fourth-order valence-electron chi connectivity index (χ4n) is 2.66. The Labute approximate surface area is 157 Å². The topological polar surface area (TPSA) is 42.4 Å². The normalized spacial score (nSPS) is 17.7. The average Bonchev–Trinajstić information content (AvgIpc) is 2.97. The zero-order valence-corrected chi connectivity index (χ0v) is 15.8. The summed E-state index contributed by atoms with van der Waals surface area (Å²) in [7, 11) is 1.53. The highest BCUT2D eigenvalue weighted by Gasteiger charge is 2.34. The fraction of sp³-hybridized carbons (Fsp3) is 0.412. The Morgan fingerprint density at radius 2 is 2.19 bits per heavy atom. The van der Waals surface area contributed by atoms with Crippen LogP contribution in [0.3, 0.4) is 0 Å². The Kier molecular flexibility index (Phi) is 5.59. The number of anilines is 1. The number of amides is 1. The Balaban J connectivity index is 2.00. The van der Waals surface area contributed by atoms with Crippen molar-refractivity contribution in [3.8, 4) is 0 Å². The number of carbonyl (C=O) groups is 1. The molecule has 1 aromatic carbocycles. The zero-order valence-electron chi connectivity index (χ0n) is 14.2. The van der Waals surface area contributed by atoms with Gasteiger partial charge in [-0.25, -0.2) is 4.98 Å². The van der Waals surface area contributed by atoms with Crippen LogP contribution in [-0.2, 0) is 17.5 Å². The van der Waals surface area contributed by atoms with E-state index in [0.29, 0.717) is 35.2 Å². The van der Waals surface area contributed by atoms with Crippen LogP contribution in [0.4, 0.5) is 18.9 Å². The number of benzene rings is 1. The Morgan fingerprint density at radius 3 is 2.88 bits per heavy atom. The van der Waals surface area contributed by atoms with Crippen LogP contribution in [0.5, 0.6) is 0 Å². The van der Waals surface area contributed by atoms with Gasteiger partial charge in [0.25, 0.3) is 5.91 Å². The molecule has 3 rings (SSSR count). The Morgan fingerprint density at radius 1 is 1.42 bits per heavy atom. The van der Waals surface area contributed by atoms with Gasteiger partial charge in [-0.05, 0) is 24.6 Å². The predicted octanol–water partition coefficient (Wildman–Crippen LogP) is 4.84. The van der Waals surface area contributed by atoms with Crippen LogP contribution < -0.4 is 4.90 Å². The maximum Gasteiger partial charge on any atom is 0.416 e. The first-order chi connectivity index (χ1) is 12.3. The summed E-state index contributed by atoms with van der Waals surface area (Å²) in [5.41, 5.74) is -0.243. The van der Waals surface area contributed by atoms with Crippen molar-refractivity contribution in [2.75, 3.05) is 18.6 Å². The summed E-state index contributed by atoms with van der Waals surface area (Å²) in [5, 5.41) is 2.46. The van der Waals surface area contributed by atoms with Crippen molar-refractivity contribution in [3.63, 3.8) is 0 Å². The molecule has 0 fully saturated rings. The van der Waals surface area contributed by atoms with Crippen LogP contribution in [0.1, 0.15) is 34.4 Å². The molecule has 1 aliphatic rings. The third kappa shape index (κ3) is 4.05. The van der Waals surface area contributed by atoms with Crippen molar-refractivity contribution in [2.45, 2.75) is 36.3 Å². The van der Waals surface area contributed by atoms with E-state index in [-0.39, 0.29) is 16.9 Å². The van der Waals surface area contributed by atoms with Crippen LogP contribution in [-0.4, -0.2) is 29.8 Å². The third-order valence-electron chi connectivity index (χ3n) is 3.95. The number of methoxy groups -OCH3 is 1. The van der Waals surface area contributed by atoms with Crippen LogP contribution in [0.15, 0.2) is 28.5 Å². The van der Waals surface area contributed by atoms with Crippen molar-refractivity contribution in [1.82, 2.24) is 4.98 Å². The fourth-order valence-corrected chi connectivity index (χ4v) is 4.49. The lowest BCUT2D eigenvalue weighted by molar-refractivity contribution is -0.137. The molecule has 9 heteroatoms. The number of fused-ring (bicyclic) bond motifs is 1. The van der Waals surface area contributed by atoms with E-state index in [2.05, 4.69) is 4.98 Å². The van der Waals surface area contributed by atoms with Gasteiger partial charge in [0.05, 0.1) is 17.9 Å². The molecule has 26 heavy (non-hydrogen) atoms. The molecule has 0 saturated carbocycles. The van der Waals surface area contributed by atoms with Gasteiger partial charge in [-0.3, -0.25) is 4.79 Å². The number of rotatable bonds is 3. The summed E-state index contributed by atoms with van der Waals surface area (Å²) in [6.07, 6.45) is -3.78. The number of thioether (sulfide) groups is 1. The van der Waals surface area contributed by atoms with E-state index in [9.17, 15) is 18.0 Å². The molecule has 140 valence electrons. The lowest BCUT2D eigenvalue weighted by Crippen LogP contribution is -2.32. The maximum absolute atomic E-state index is 13.1. The second-order valence-corrected chi connectivity index (χ2v) is 8.34. The van der Waals surface area contributed by atoms with Gasteiger partial charge in [0.15, 0.2) is 0 Å². The number of aromatic nitrogens is 1. The molecule has 0 radical (unpaired) electrons. The van der Waals surface area contributed by atoms with Gasteiger partial charge in [0.1, 0.15) is 10.7 Å². The highest BCUT2D eigenvalue weighted by molar-refractivity contribution is 8.00. The molecule has 0 saturated heterocycles. The molecule has 0 N–H and O–H groups in total. The van der Waals surface area contributed by atoms with Crippen LogP contribution >= 0.6 is 23.1 Å². The molecule has 2 heterocycles. The number of alkyl halides is 3. The smallest absolute Gasteiger partial charge is 0.378 e. The standard InChI is InChI=1S/C17H17F3N2O2S2/c1-10-5-6-22(16(23)12-9-25-15(21-12)8-24-2)13-7-11(17(18,19)20)3-4-14(13)26-10/h3-4,7,9-10H,5-6,8H2,1-2H3/t10-/m0/s1. The lowest BCUT2D eigenvalue weighted by Gasteiger charge is -2.22. The first-order valence-corrected chi connectivity index (χ1v) is 9.68. The minimum Gasteiger partial charge on any atom is -0.378 e. The molecule has 1 amide bonds. The van der Waals surface area contributed by atoms with Crippen molar-refractivity contribution in [2.24, 2.45) is 0 Å². The minimum atomic E-state index is -4.46. The van der Waals surface area contributed by atoms with E-state index in [1.165, 1.54) is 41.2 Å². The molecular formula is C17H17F3N2O2S2. The number of carbonyl (C=O) groups excluding carboxylic acids is 1.